The lowest BCUT2D eigenvalue weighted by Crippen LogP contribution is -2.03. The Kier molecular flexibility index (Phi) is 5.56. The fourth-order valence-electron chi connectivity index (χ4n) is 1.21. The molecule has 0 unspecified atom stereocenters. The first-order valence-electron chi connectivity index (χ1n) is 5.41. The van der Waals surface area contributed by atoms with Gasteiger partial charge in [0.25, 0.3) is 0 Å². The molecule has 0 radical (unpaired) electrons. The molecule has 2 nitrogen and oxygen atoms in total. The number of rotatable bonds is 6. The van der Waals surface area contributed by atoms with Gasteiger partial charge in [-0.1, -0.05) is 31.2 Å². The van der Waals surface area contributed by atoms with Crippen LogP contribution in [-0.4, -0.2) is 20.2 Å². The third-order valence-corrected chi connectivity index (χ3v) is 1.99. The molecule has 0 fully saturated rings. The van der Waals surface area contributed by atoms with Gasteiger partial charge < -0.3 is 10.1 Å². The van der Waals surface area contributed by atoms with E-state index in [9.17, 15) is 0 Å². The Bertz CT molecular complexity index is 290. The molecule has 1 rings (SSSR count). The first-order chi connectivity index (χ1) is 7.36. The number of benzene rings is 1. The largest absolute Gasteiger partial charge is 0.494 e. The number of hydrogen-bond acceptors (Lipinski definition) is 2. The van der Waals surface area contributed by atoms with Crippen molar-refractivity contribution in [1.29, 1.82) is 0 Å². The fourth-order valence-corrected chi connectivity index (χ4v) is 1.21. The lowest BCUT2D eigenvalue weighted by atomic mass is 10.2. The molecule has 0 atom stereocenters. The first-order valence-corrected chi connectivity index (χ1v) is 5.41. The van der Waals surface area contributed by atoms with Gasteiger partial charge in [0.2, 0.25) is 0 Å². The van der Waals surface area contributed by atoms with E-state index in [1.165, 1.54) is 5.56 Å². The molecule has 0 bridgehead atoms. The van der Waals surface area contributed by atoms with Gasteiger partial charge in [0.15, 0.2) is 0 Å². The van der Waals surface area contributed by atoms with Gasteiger partial charge in [-0.15, -0.1) is 0 Å². The minimum Gasteiger partial charge on any atom is -0.494 e. The van der Waals surface area contributed by atoms with E-state index in [4.69, 9.17) is 4.74 Å². The van der Waals surface area contributed by atoms with E-state index in [-0.39, 0.29) is 0 Å². The van der Waals surface area contributed by atoms with Crippen LogP contribution in [0.4, 0.5) is 0 Å². The quantitative estimate of drug-likeness (QED) is 0.771. The predicted octanol–water partition coefficient (Wildman–Crippen LogP) is 2.71. The van der Waals surface area contributed by atoms with Crippen molar-refractivity contribution in [3.05, 3.63) is 35.9 Å². The molecule has 0 amide bonds. The van der Waals surface area contributed by atoms with E-state index in [0.717, 1.165) is 25.3 Å². The average molecular weight is 205 g/mol. The maximum atomic E-state index is 5.50. The number of likely N-dealkylation sites (N-methyl/N-ethyl adjacent to an activating group) is 1. The monoisotopic (exact) mass is 205 g/mol. The fraction of sp³-hybridized carbons (Fsp3) is 0.385. The minimum absolute atomic E-state index is 0.787. The van der Waals surface area contributed by atoms with E-state index in [1.54, 1.807) is 0 Å². The molecule has 0 aromatic heterocycles. The molecule has 0 aliphatic carbocycles. The van der Waals surface area contributed by atoms with Crippen LogP contribution in [0, 0.1) is 0 Å². The van der Waals surface area contributed by atoms with E-state index < -0.39 is 0 Å². The van der Waals surface area contributed by atoms with E-state index in [0.29, 0.717) is 0 Å². The third kappa shape index (κ3) is 4.66. The summed E-state index contributed by atoms with van der Waals surface area (Å²) >= 11 is 0. The summed E-state index contributed by atoms with van der Waals surface area (Å²) in [6.07, 6.45) is 5.24. The van der Waals surface area contributed by atoms with Crippen molar-refractivity contribution in [3.63, 3.8) is 0 Å². The highest BCUT2D eigenvalue weighted by Gasteiger charge is 1.91. The van der Waals surface area contributed by atoms with Crippen molar-refractivity contribution >= 4 is 6.08 Å². The molecular weight excluding hydrogens is 186 g/mol. The zero-order chi connectivity index (χ0) is 10.9. The molecule has 1 aromatic carbocycles. The highest BCUT2D eigenvalue weighted by atomic mass is 16.5. The molecule has 15 heavy (non-hydrogen) atoms. The van der Waals surface area contributed by atoms with E-state index >= 15 is 0 Å². The van der Waals surface area contributed by atoms with Crippen LogP contribution in [-0.2, 0) is 0 Å². The van der Waals surface area contributed by atoms with Crippen LogP contribution in [0.1, 0.15) is 18.9 Å². The molecule has 0 heterocycles. The molecule has 1 N–H and O–H groups in total. The van der Waals surface area contributed by atoms with Crippen molar-refractivity contribution in [1.82, 2.24) is 5.32 Å². The number of hydrogen-bond donors (Lipinski definition) is 1. The second kappa shape index (κ2) is 7.07. The molecule has 0 saturated carbocycles. The topological polar surface area (TPSA) is 21.3 Å². The maximum Gasteiger partial charge on any atom is 0.119 e. The molecule has 0 aliphatic heterocycles. The van der Waals surface area contributed by atoms with Crippen LogP contribution >= 0.6 is 0 Å². The van der Waals surface area contributed by atoms with Crippen LogP contribution in [0.5, 0.6) is 5.75 Å². The van der Waals surface area contributed by atoms with E-state index in [1.807, 2.05) is 19.2 Å². The minimum atomic E-state index is 0.787. The van der Waals surface area contributed by atoms with Crippen molar-refractivity contribution in [2.45, 2.75) is 13.3 Å². The molecular formula is C13H19NO. The van der Waals surface area contributed by atoms with Gasteiger partial charge >= 0.3 is 0 Å². The number of nitrogens with one attached hydrogen (secondary N) is 1. The zero-order valence-corrected chi connectivity index (χ0v) is 9.49. The van der Waals surface area contributed by atoms with Gasteiger partial charge in [-0.2, -0.15) is 0 Å². The second-order valence-electron chi connectivity index (χ2n) is 3.38. The Labute approximate surface area is 92.0 Å². The summed E-state index contributed by atoms with van der Waals surface area (Å²) in [5.41, 5.74) is 1.20. The molecule has 2 heteroatoms. The molecule has 82 valence electrons. The van der Waals surface area contributed by atoms with Crippen LogP contribution in [0.2, 0.25) is 0 Å². The van der Waals surface area contributed by atoms with Crippen molar-refractivity contribution in [3.8, 4) is 5.75 Å². The van der Waals surface area contributed by atoms with Crippen LogP contribution in [0.3, 0.4) is 0 Å². The van der Waals surface area contributed by atoms with Gasteiger partial charge in [-0.25, -0.2) is 0 Å². The molecule has 0 saturated heterocycles. The van der Waals surface area contributed by atoms with Crippen molar-refractivity contribution < 1.29 is 4.74 Å². The summed E-state index contributed by atoms with van der Waals surface area (Å²) in [7, 11) is 1.94. The average Bonchev–Trinajstić information content (AvgIpc) is 2.28. The SMILES string of the molecule is CCCOc1ccc(/C=C/CNC)cc1. The number of ether oxygens (including phenoxy) is 1. The Morgan fingerprint density at radius 2 is 2.00 bits per heavy atom. The Morgan fingerprint density at radius 3 is 2.60 bits per heavy atom. The van der Waals surface area contributed by atoms with Gasteiger partial charge in [-0.05, 0) is 31.2 Å². The second-order valence-corrected chi connectivity index (χ2v) is 3.38. The van der Waals surface area contributed by atoms with Crippen molar-refractivity contribution in [2.75, 3.05) is 20.2 Å². The van der Waals surface area contributed by atoms with Gasteiger partial charge in [0.05, 0.1) is 6.61 Å². The summed E-state index contributed by atoms with van der Waals surface area (Å²) in [5, 5.41) is 3.07. The summed E-state index contributed by atoms with van der Waals surface area (Å²) in [4.78, 5) is 0. The molecule has 0 aliphatic rings. The third-order valence-electron chi connectivity index (χ3n) is 1.99. The summed E-state index contributed by atoms with van der Waals surface area (Å²) < 4.78 is 5.50. The standard InChI is InChI=1S/C13H19NO/c1-3-11-15-13-8-6-12(7-9-13)5-4-10-14-2/h4-9,14H,3,10-11H2,1-2H3/b5-4+. The summed E-state index contributed by atoms with van der Waals surface area (Å²) in [6, 6.07) is 8.15. The molecule has 0 spiro atoms. The maximum absolute atomic E-state index is 5.50. The Morgan fingerprint density at radius 1 is 1.27 bits per heavy atom. The first kappa shape index (κ1) is 11.8. The lowest BCUT2D eigenvalue weighted by molar-refractivity contribution is 0.317. The predicted molar refractivity (Wildman–Crippen MR) is 65.2 cm³/mol. The normalized spacial score (nSPS) is 10.8. The van der Waals surface area contributed by atoms with Gasteiger partial charge in [0.1, 0.15) is 5.75 Å². The Hall–Kier alpha value is -1.28. The van der Waals surface area contributed by atoms with Gasteiger partial charge in [-0.3, -0.25) is 0 Å². The smallest absolute Gasteiger partial charge is 0.119 e. The van der Waals surface area contributed by atoms with Crippen LogP contribution in [0.25, 0.3) is 6.08 Å². The van der Waals surface area contributed by atoms with Crippen LogP contribution < -0.4 is 10.1 Å². The van der Waals surface area contributed by atoms with Crippen molar-refractivity contribution in [2.24, 2.45) is 0 Å². The summed E-state index contributed by atoms with van der Waals surface area (Å²) in [6.45, 7) is 3.79. The summed E-state index contributed by atoms with van der Waals surface area (Å²) in [5.74, 6) is 0.947. The zero-order valence-electron chi connectivity index (χ0n) is 9.49. The van der Waals surface area contributed by atoms with Gasteiger partial charge in [0, 0.05) is 6.54 Å². The van der Waals surface area contributed by atoms with E-state index in [2.05, 4.69) is 36.5 Å². The highest BCUT2D eigenvalue weighted by Crippen LogP contribution is 2.13. The Balaban J connectivity index is 2.48. The molecule has 1 aromatic rings. The highest BCUT2D eigenvalue weighted by molar-refractivity contribution is 5.50. The van der Waals surface area contributed by atoms with Crippen LogP contribution in [0.15, 0.2) is 30.3 Å². The lowest BCUT2D eigenvalue weighted by Gasteiger charge is -2.03.